The van der Waals surface area contributed by atoms with Gasteiger partial charge in [-0.1, -0.05) is 6.92 Å². The van der Waals surface area contributed by atoms with Crippen molar-refractivity contribution >= 4 is 29.8 Å². The fourth-order valence-electron chi connectivity index (χ4n) is 2.74. The molecule has 11 nitrogen and oxygen atoms in total. The molecule has 0 spiro atoms. The van der Waals surface area contributed by atoms with Crippen LogP contribution < -0.4 is 5.32 Å². The van der Waals surface area contributed by atoms with Gasteiger partial charge in [0, 0.05) is 45.6 Å². The third-order valence-corrected chi connectivity index (χ3v) is 4.44. The molecule has 0 unspecified atom stereocenters. The average Bonchev–Trinajstić information content (AvgIpc) is 2.73. The fourth-order valence-corrected chi connectivity index (χ4v) is 2.74. The Bertz CT molecular complexity index is 661. The maximum Gasteiger partial charge on any atom is 0.407 e. The minimum Gasteiger partial charge on any atom is -0.469 e. The van der Waals surface area contributed by atoms with Crippen LogP contribution in [0.4, 0.5) is 4.79 Å². The standard InChI is InChI=1S/C22H39N3O8/c1-7-8-17(26)24(13-10-19(28)31-5)15-16-25(14-11-20(29)32-6)18(27)9-12-23-21(30)33-22(2,3)4/h7-16H2,1-6H3,(H,23,30). The van der Waals surface area contributed by atoms with Crippen molar-refractivity contribution in [3.05, 3.63) is 0 Å². The predicted molar refractivity (Wildman–Crippen MR) is 120 cm³/mol. The van der Waals surface area contributed by atoms with Gasteiger partial charge in [-0.05, 0) is 27.2 Å². The Morgan fingerprint density at radius 1 is 0.727 bits per heavy atom. The van der Waals surface area contributed by atoms with Gasteiger partial charge in [-0.25, -0.2) is 4.79 Å². The number of methoxy groups -OCH3 is 2. The number of hydrogen-bond acceptors (Lipinski definition) is 8. The molecule has 0 bridgehead atoms. The molecule has 1 N–H and O–H groups in total. The van der Waals surface area contributed by atoms with Gasteiger partial charge < -0.3 is 29.3 Å². The second-order valence-electron chi connectivity index (χ2n) is 8.34. The van der Waals surface area contributed by atoms with Gasteiger partial charge in [0.25, 0.3) is 0 Å². The van der Waals surface area contributed by atoms with Gasteiger partial charge in [0.15, 0.2) is 0 Å². The lowest BCUT2D eigenvalue weighted by molar-refractivity contribution is -0.144. The summed E-state index contributed by atoms with van der Waals surface area (Å²) in [5.74, 6) is -1.33. The van der Waals surface area contributed by atoms with Crippen LogP contribution in [0.15, 0.2) is 0 Å². The van der Waals surface area contributed by atoms with Gasteiger partial charge >= 0.3 is 18.0 Å². The molecular weight excluding hydrogens is 434 g/mol. The smallest absolute Gasteiger partial charge is 0.407 e. The molecule has 0 radical (unpaired) electrons. The van der Waals surface area contributed by atoms with Crippen molar-refractivity contribution in [2.75, 3.05) is 46.9 Å². The van der Waals surface area contributed by atoms with E-state index in [0.29, 0.717) is 12.8 Å². The van der Waals surface area contributed by atoms with E-state index in [4.69, 9.17) is 4.74 Å². The topological polar surface area (TPSA) is 132 Å². The lowest BCUT2D eigenvalue weighted by Gasteiger charge is -2.28. The number of ether oxygens (including phenoxy) is 3. The molecule has 0 rings (SSSR count). The van der Waals surface area contributed by atoms with E-state index in [-0.39, 0.29) is 63.8 Å². The van der Waals surface area contributed by atoms with Crippen LogP contribution in [0.3, 0.4) is 0 Å². The summed E-state index contributed by atoms with van der Waals surface area (Å²) in [5.41, 5.74) is -0.653. The second-order valence-corrected chi connectivity index (χ2v) is 8.34. The van der Waals surface area contributed by atoms with Crippen molar-refractivity contribution in [1.29, 1.82) is 0 Å². The van der Waals surface area contributed by atoms with E-state index in [1.54, 1.807) is 20.8 Å². The highest BCUT2D eigenvalue weighted by Gasteiger charge is 2.21. The van der Waals surface area contributed by atoms with Crippen molar-refractivity contribution < 1.29 is 38.2 Å². The molecule has 0 aliphatic rings. The number of rotatable bonds is 14. The molecule has 0 aliphatic carbocycles. The highest BCUT2D eigenvalue weighted by molar-refractivity contribution is 5.79. The van der Waals surface area contributed by atoms with Crippen LogP contribution in [0.5, 0.6) is 0 Å². The molecule has 11 heteroatoms. The Balaban J connectivity index is 5.03. The SMILES string of the molecule is CCCC(=O)N(CCC(=O)OC)CCN(CCC(=O)OC)C(=O)CCNC(=O)OC(C)(C)C. The van der Waals surface area contributed by atoms with Crippen molar-refractivity contribution in [2.24, 2.45) is 0 Å². The first-order chi connectivity index (χ1) is 15.4. The molecule has 190 valence electrons. The summed E-state index contributed by atoms with van der Waals surface area (Å²) in [4.78, 5) is 63.0. The number of nitrogens with one attached hydrogen (secondary N) is 1. The van der Waals surface area contributed by atoms with Gasteiger partial charge in [-0.2, -0.15) is 0 Å². The molecule has 0 saturated carbocycles. The quantitative estimate of drug-likeness (QED) is 0.296. The first-order valence-corrected chi connectivity index (χ1v) is 11.1. The van der Waals surface area contributed by atoms with E-state index < -0.39 is 23.6 Å². The Morgan fingerprint density at radius 3 is 1.58 bits per heavy atom. The second kappa shape index (κ2) is 15.9. The van der Waals surface area contributed by atoms with Crippen LogP contribution in [0, 0.1) is 0 Å². The number of nitrogens with zero attached hydrogens (tertiary/aromatic N) is 2. The molecule has 0 atom stereocenters. The van der Waals surface area contributed by atoms with Crippen LogP contribution >= 0.6 is 0 Å². The predicted octanol–water partition coefficient (Wildman–Crippen LogP) is 1.48. The summed E-state index contributed by atoms with van der Waals surface area (Å²) in [6.45, 7) is 7.77. The van der Waals surface area contributed by atoms with E-state index >= 15 is 0 Å². The number of amides is 3. The summed E-state index contributed by atoms with van der Waals surface area (Å²) in [6.07, 6.45) is 0.363. The van der Waals surface area contributed by atoms with Gasteiger partial charge in [0.05, 0.1) is 27.1 Å². The van der Waals surface area contributed by atoms with E-state index in [2.05, 4.69) is 14.8 Å². The van der Waals surface area contributed by atoms with Crippen molar-refractivity contribution in [2.45, 2.75) is 65.4 Å². The van der Waals surface area contributed by atoms with Gasteiger partial charge in [0.2, 0.25) is 11.8 Å². The summed E-state index contributed by atoms with van der Waals surface area (Å²) >= 11 is 0. The van der Waals surface area contributed by atoms with Gasteiger partial charge in [-0.3, -0.25) is 19.2 Å². The van der Waals surface area contributed by atoms with Gasteiger partial charge in [-0.15, -0.1) is 0 Å². The highest BCUT2D eigenvalue weighted by Crippen LogP contribution is 2.07. The van der Waals surface area contributed by atoms with E-state index in [9.17, 15) is 24.0 Å². The molecular formula is C22H39N3O8. The third-order valence-electron chi connectivity index (χ3n) is 4.44. The van der Waals surface area contributed by atoms with E-state index in [1.165, 1.54) is 24.0 Å². The summed E-state index contributed by atoms with van der Waals surface area (Å²) in [5, 5.41) is 2.52. The lowest BCUT2D eigenvalue weighted by Crippen LogP contribution is -2.43. The Kier molecular flexibility index (Phi) is 14.5. The van der Waals surface area contributed by atoms with Crippen LogP contribution in [-0.4, -0.2) is 92.2 Å². The average molecular weight is 474 g/mol. The van der Waals surface area contributed by atoms with Crippen LogP contribution in [-0.2, 0) is 33.4 Å². The molecule has 0 heterocycles. The molecule has 0 saturated heterocycles. The number of carbonyl (C=O) groups excluding carboxylic acids is 5. The maximum atomic E-state index is 12.7. The normalized spacial score (nSPS) is 10.7. The first-order valence-electron chi connectivity index (χ1n) is 11.1. The highest BCUT2D eigenvalue weighted by atomic mass is 16.6. The Morgan fingerprint density at radius 2 is 1.18 bits per heavy atom. The number of hydrogen-bond donors (Lipinski definition) is 1. The van der Waals surface area contributed by atoms with E-state index in [1.807, 2.05) is 6.92 Å². The zero-order valence-corrected chi connectivity index (χ0v) is 20.7. The molecule has 0 aromatic heterocycles. The summed E-state index contributed by atoms with van der Waals surface area (Å²) < 4.78 is 14.4. The minimum absolute atomic E-state index is 0.00714. The molecule has 0 aromatic carbocycles. The molecule has 0 fully saturated rings. The summed E-state index contributed by atoms with van der Waals surface area (Å²) in [7, 11) is 2.54. The van der Waals surface area contributed by atoms with Crippen LogP contribution in [0.25, 0.3) is 0 Å². The van der Waals surface area contributed by atoms with Crippen LogP contribution in [0.2, 0.25) is 0 Å². The van der Waals surface area contributed by atoms with Crippen molar-refractivity contribution in [1.82, 2.24) is 15.1 Å². The number of esters is 2. The fraction of sp³-hybridized carbons (Fsp3) is 0.773. The van der Waals surface area contributed by atoms with Gasteiger partial charge in [0.1, 0.15) is 5.60 Å². The molecule has 0 aliphatic heterocycles. The maximum absolute atomic E-state index is 12.7. The third kappa shape index (κ3) is 14.8. The monoisotopic (exact) mass is 473 g/mol. The van der Waals surface area contributed by atoms with Crippen molar-refractivity contribution in [3.63, 3.8) is 0 Å². The molecule has 3 amide bonds. The largest absolute Gasteiger partial charge is 0.469 e. The minimum atomic E-state index is -0.653. The van der Waals surface area contributed by atoms with Crippen molar-refractivity contribution in [3.8, 4) is 0 Å². The van der Waals surface area contributed by atoms with Crippen LogP contribution in [0.1, 0.15) is 59.8 Å². The zero-order valence-electron chi connectivity index (χ0n) is 20.7. The lowest BCUT2D eigenvalue weighted by atomic mass is 10.2. The Labute approximate surface area is 196 Å². The number of alkyl carbamates (subject to hydrolysis) is 1. The Hall–Kier alpha value is -2.85. The number of carbonyl (C=O) groups is 5. The van der Waals surface area contributed by atoms with E-state index in [0.717, 1.165) is 0 Å². The zero-order chi connectivity index (χ0) is 25.4. The molecule has 33 heavy (non-hydrogen) atoms. The molecule has 0 aromatic rings. The first kappa shape index (κ1) is 30.1. The summed E-state index contributed by atoms with van der Waals surface area (Å²) in [6, 6.07) is 0.